The molecule has 0 amide bonds. The van der Waals surface area contributed by atoms with Crippen molar-refractivity contribution in [2.45, 2.75) is 47.5 Å². The molecule has 1 heteroatoms. The molecule has 3 unspecified atom stereocenters. The van der Waals surface area contributed by atoms with Gasteiger partial charge in [-0.05, 0) is 23.7 Å². The second-order valence-corrected chi connectivity index (χ2v) is 4.34. The van der Waals surface area contributed by atoms with Gasteiger partial charge in [-0.3, -0.25) is 0 Å². The van der Waals surface area contributed by atoms with Crippen LogP contribution in [0.3, 0.4) is 0 Å². The van der Waals surface area contributed by atoms with Gasteiger partial charge in [0.1, 0.15) is 0 Å². The van der Waals surface area contributed by atoms with Crippen molar-refractivity contribution < 1.29 is 5.11 Å². The third-order valence-electron chi connectivity index (χ3n) is 3.77. The van der Waals surface area contributed by atoms with Crippen LogP contribution in [0.25, 0.3) is 0 Å². The predicted molar refractivity (Wildman–Crippen MR) is 54.1 cm³/mol. The van der Waals surface area contributed by atoms with Gasteiger partial charge in [0.25, 0.3) is 0 Å². The molecule has 0 fully saturated rings. The van der Waals surface area contributed by atoms with Crippen molar-refractivity contribution in [3.63, 3.8) is 0 Å². The Labute approximate surface area is 77.2 Å². The van der Waals surface area contributed by atoms with Crippen molar-refractivity contribution in [1.29, 1.82) is 0 Å². The molecular weight excluding hydrogens is 148 g/mol. The Kier molecular flexibility index (Phi) is 4.84. The summed E-state index contributed by atoms with van der Waals surface area (Å²) < 4.78 is 0. The van der Waals surface area contributed by atoms with E-state index in [1.165, 1.54) is 6.42 Å². The molecule has 0 spiro atoms. The van der Waals surface area contributed by atoms with E-state index in [2.05, 4.69) is 34.6 Å². The van der Waals surface area contributed by atoms with E-state index in [0.29, 0.717) is 18.4 Å². The van der Waals surface area contributed by atoms with E-state index >= 15 is 0 Å². The average Bonchev–Trinajstić information content (AvgIpc) is 2.14. The highest BCUT2D eigenvalue weighted by atomic mass is 16.3. The van der Waals surface area contributed by atoms with Crippen LogP contribution in [0.2, 0.25) is 0 Å². The van der Waals surface area contributed by atoms with Gasteiger partial charge in [0, 0.05) is 6.61 Å². The van der Waals surface area contributed by atoms with Gasteiger partial charge in [-0.15, -0.1) is 0 Å². The summed E-state index contributed by atoms with van der Waals surface area (Å²) in [6.45, 7) is 11.4. The molecule has 1 N–H and O–H groups in total. The summed E-state index contributed by atoms with van der Waals surface area (Å²) in [4.78, 5) is 0. The van der Waals surface area contributed by atoms with E-state index in [1.54, 1.807) is 0 Å². The smallest absolute Gasteiger partial charge is 0.0487 e. The number of rotatable bonds is 5. The van der Waals surface area contributed by atoms with Crippen molar-refractivity contribution in [1.82, 2.24) is 0 Å². The third kappa shape index (κ3) is 2.48. The van der Waals surface area contributed by atoms with Gasteiger partial charge >= 0.3 is 0 Å². The predicted octanol–water partition coefficient (Wildman–Crippen LogP) is 3.08. The molecule has 1 nitrogen and oxygen atoms in total. The molecule has 0 rings (SSSR count). The molecule has 0 aromatic heterocycles. The van der Waals surface area contributed by atoms with E-state index in [1.807, 2.05) is 0 Å². The van der Waals surface area contributed by atoms with E-state index in [0.717, 1.165) is 6.42 Å². The molecule has 3 atom stereocenters. The van der Waals surface area contributed by atoms with Gasteiger partial charge in [0.2, 0.25) is 0 Å². The van der Waals surface area contributed by atoms with E-state index in [-0.39, 0.29) is 5.41 Å². The minimum atomic E-state index is 0.120. The summed E-state index contributed by atoms with van der Waals surface area (Å²) in [7, 11) is 0. The molecule has 0 saturated heterocycles. The van der Waals surface area contributed by atoms with Gasteiger partial charge in [-0.1, -0.05) is 41.0 Å². The first kappa shape index (κ1) is 12.0. The van der Waals surface area contributed by atoms with Gasteiger partial charge in [0.15, 0.2) is 0 Å². The quantitative estimate of drug-likeness (QED) is 0.675. The molecule has 0 heterocycles. The van der Waals surface area contributed by atoms with Crippen LogP contribution in [0, 0.1) is 17.3 Å². The monoisotopic (exact) mass is 172 g/mol. The first-order chi connectivity index (χ1) is 5.51. The van der Waals surface area contributed by atoms with Crippen molar-refractivity contribution in [3.05, 3.63) is 0 Å². The summed E-state index contributed by atoms with van der Waals surface area (Å²) in [5.41, 5.74) is 0.120. The van der Waals surface area contributed by atoms with Crippen LogP contribution in [0.15, 0.2) is 0 Å². The molecule has 0 aliphatic heterocycles. The van der Waals surface area contributed by atoms with Crippen LogP contribution in [-0.2, 0) is 0 Å². The molecular formula is C11H24O. The summed E-state index contributed by atoms with van der Waals surface area (Å²) in [5, 5.41) is 9.30. The fraction of sp³-hybridized carbons (Fsp3) is 1.00. The van der Waals surface area contributed by atoms with Crippen molar-refractivity contribution in [3.8, 4) is 0 Å². The SMILES string of the molecule is CCC(C)C(C)C(C)(CC)CO. The normalized spacial score (nSPS) is 21.5. The molecule has 0 radical (unpaired) electrons. The molecule has 0 aromatic rings. The minimum absolute atomic E-state index is 0.120. The number of hydrogen-bond donors (Lipinski definition) is 1. The number of hydrogen-bond acceptors (Lipinski definition) is 1. The second-order valence-electron chi connectivity index (χ2n) is 4.34. The molecule has 0 saturated carbocycles. The molecule has 0 bridgehead atoms. The average molecular weight is 172 g/mol. The maximum atomic E-state index is 9.30. The zero-order valence-corrected chi connectivity index (χ0v) is 9.22. The maximum Gasteiger partial charge on any atom is 0.0487 e. The Morgan fingerprint density at radius 2 is 1.75 bits per heavy atom. The van der Waals surface area contributed by atoms with Gasteiger partial charge in [-0.25, -0.2) is 0 Å². The van der Waals surface area contributed by atoms with Gasteiger partial charge < -0.3 is 5.11 Å². The molecule has 0 aromatic carbocycles. The first-order valence-corrected chi connectivity index (χ1v) is 5.12. The Balaban J connectivity index is 4.29. The fourth-order valence-electron chi connectivity index (χ4n) is 1.62. The Morgan fingerprint density at radius 1 is 1.25 bits per heavy atom. The third-order valence-corrected chi connectivity index (χ3v) is 3.77. The Hall–Kier alpha value is -0.0400. The van der Waals surface area contributed by atoms with Crippen molar-refractivity contribution in [2.24, 2.45) is 17.3 Å². The Morgan fingerprint density at radius 3 is 2.00 bits per heavy atom. The van der Waals surface area contributed by atoms with Crippen molar-refractivity contribution in [2.75, 3.05) is 6.61 Å². The molecule has 12 heavy (non-hydrogen) atoms. The van der Waals surface area contributed by atoms with E-state index in [4.69, 9.17) is 0 Å². The summed E-state index contributed by atoms with van der Waals surface area (Å²) >= 11 is 0. The van der Waals surface area contributed by atoms with Crippen LogP contribution in [0.4, 0.5) is 0 Å². The maximum absolute atomic E-state index is 9.30. The van der Waals surface area contributed by atoms with Gasteiger partial charge in [0.05, 0.1) is 0 Å². The summed E-state index contributed by atoms with van der Waals surface area (Å²) in [6, 6.07) is 0. The van der Waals surface area contributed by atoms with E-state index in [9.17, 15) is 5.11 Å². The fourth-order valence-corrected chi connectivity index (χ4v) is 1.62. The highest BCUT2D eigenvalue weighted by Gasteiger charge is 2.31. The molecule has 0 aliphatic rings. The first-order valence-electron chi connectivity index (χ1n) is 5.12. The lowest BCUT2D eigenvalue weighted by Crippen LogP contribution is -2.32. The van der Waals surface area contributed by atoms with Crippen LogP contribution in [0.5, 0.6) is 0 Å². The zero-order valence-electron chi connectivity index (χ0n) is 9.22. The van der Waals surface area contributed by atoms with Crippen LogP contribution >= 0.6 is 0 Å². The highest BCUT2D eigenvalue weighted by molar-refractivity contribution is 4.80. The lowest BCUT2D eigenvalue weighted by Gasteiger charge is -2.36. The van der Waals surface area contributed by atoms with Crippen LogP contribution < -0.4 is 0 Å². The molecule has 74 valence electrons. The van der Waals surface area contributed by atoms with E-state index < -0.39 is 0 Å². The summed E-state index contributed by atoms with van der Waals surface area (Å²) in [5.74, 6) is 1.32. The highest BCUT2D eigenvalue weighted by Crippen LogP contribution is 2.36. The largest absolute Gasteiger partial charge is 0.396 e. The van der Waals surface area contributed by atoms with Crippen LogP contribution in [0.1, 0.15) is 47.5 Å². The lowest BCUT2D eigenvalue weighted by molar-refractivity contribution is 0.0536. The number of aliphatic hydroxyl groups excluding tert-OH is 1. The lowest BCUT2D eigenvalue weighted by atomic mass is 9.70. The van der Waals surface area contributed by atoms with Crippen LogP contribution in [-0.4, -0.2) is 11.7 Å². The number of aliphatic hydroxyl groups is 1. The van der Waals surface area contributed by atoms with Gasteiger partial charge in [-0.2, -0.15) is 0 Å². The topological polar surface area (TPSA) is 20.2 Å². The minimum Gasteiger partial charge on any atom is -0.396 e. The zero-order chi connectivity index (χ0) is 9.78. The standard InChI is InChI=1S/C11H24O/c1-6-9(3)10(4)11(5,7-2)8-12/h9-10,12H,6-8H2,1-5H3. The van der Waals surface area contributed by atoms with Crippen molar-refractivity contribution >= 4 is 0 Å². The summed E-state index contributed by atoms with van der Waals surface area (Å²) in [6.07, 6.45) is 2.27. The molecule has 0 aliphatic carbocycles. The second kappa shape index (κ2) is 4.86. The Bertz CT molecular complexity index is 116.